The summed E-state index contributed by atoms with van der Waals surface area (Å²) in [5.41, 5.74) is -0.200. The van der Waals surface area contributed by atoms with Gasteiger partial charge in [0.15, 0.2) is 0 Å². The Hall–Kier alpha value is -4.65. The fourth-order valence-corrected chi connectivity index (χ4v) is 3.23. The molecule has 0 saturated carbocycles. The van der Waals surface area contributed by atoms with Gasteiger partial charge in [-0.25, -0.2) is 14.2 Å². The van der Waals surface area contributed by atoms with Crippen molar-refractivity contribution < 1.29 is 36.6 Å². The number of hydrogen-bond acceptors (Lipinski definition) is 5. The second kappa shape index (κ2) is 10.5. The Morgan fingerprint density at radius 3 is 2.38 bits per heavy atom. The standard InChI is InChI=1S/C24H19F4N5O4/c1-36-12-21(34)33-22-30-18-9-7-16(11-20(18)31-22)37-15-5-3-14(4-6-15)29-23(35)32-19-10-13(24(26,27)28)2-8-17(19)25/h2-11H,12H2,1H3,(H2,29,32,35)(H2,30,31,33,34). The third kappa shape index (κ3) is 6.52. The maximum atomic E-state index is 13.8. The number of nitrogens with zero attached hydrogens (tertiary/aromatic N) is 1. The molecule has 0 aliphatic carbocycles. The molecule has 1 heterocycles. The maximum Gasteiger partial charge on any atom is 0.416 e. The third-order valence-corrected chi connectivity index (χ3v) is 4.88. The van der Waals surface area contributed by atoms with Gasteiger partial charge in [-0.1, -0.05) is 0 Å². The number of methoxy groups -OCH3 is 1. The minimum atomic E-state index is -4.68. The van der Waals surface area contributed by atoms with E-state index in [2.05, 4.69) is 25.9 Å². The number of aromatic nitrogens is 2. The number of H-pyrrole nitrogens is 1. The predicted octanol–water partition coefficient (Wildman–Crippen LogP) is 5.74. The molecule has 0 atom stereocenters. The van der Waals surface area contributed by atoms with Crippen LogP contribution >= 0.6 is 0 Å². The number of fused-ring (bicyclic) bond motifs is 1. The number of halogens is 4. The summed E-state index contributed by atoms with van der Waals surface area (Å²) in [6.07, 6.45) is -4.68. The highest BCUT2D eigenvalue weighted by atomic mass is 19.4. The minimum Gasteiger partial charge on any atom is -0.457 e. The molecule has 192 valence electrons. The molecule has 0 unspecified atom stereocenters. The van der Waals surface area contributed by atoms with Crippen molar-refractivity contribution in [3.05, 3.63) is 72.0 Å². The van der Waals surface area contributed by atoms with E-state index in [0.29, 0.717) is 40.7 Å². The molecule has 0 aliphatic rings. The van der Waals surface area contributed by atoms with Crippen LogP contribution in [-0.4, -0.2) is 35.6 Å². The Morgan fingerprint density at radius 2 is 1.68 bits per heavy atom. The van der Waals surface area contributed by atoms with Gasteiger partial charge >= 0.3 is 12.2 Å². The van der Waals surface area contributed by atoms with Crippen LogP contribution in [0.25, 0.3) is 11.0 Å². The van der Waals surface area contributed by atoms with Crippen molar-refractivity contribution in [1.82, 2.24) is 9.97 Å². The highest BCUT2D eigenvalue weighted by molar-refractivity contribution is 6.00. The number of amides is 3. The lowest BCUT2D eigenvalue weighted by Crippen LogP contribution is -2.20. The first kappa shape index (κ1) is 25.4. The minimum absolute atomic E-state index is 0.111. The number of carbonyl (C=O) groups excluding carboxylic acids is 2. The lowest BCUT2D eigenvalue weighted by molar-refractivity contribution is -0.137. The number of urea groups is 1. The number of hydrogen-bond donors (Lipinski definition) is 4. The van der Waals surface area contributed by atoms with Crippen LogP contribution in [0.3, 0.4) is 0 Å². The molecule has 0 saturated heterocycles. The van der Waals surface area contributed by atoms with Crippen molar-refractivity contribution in [1.29, 1.82) is 0 Å². The van der Waals surface area contributed by atoms with E-state index in [1.54, 1.807) is 30.3 Å². The van der Waals surface area contributed by atoms with E-state index in [1.165, 1.54) is 19.2 Å². The Kier molecular flexibility index (Phi) is 7.25. The van der Waals surface area contributed by atoms with E-state index in [-0.39, 0.29) is 24.1 Å². The number of nitrogens with one attached hydrogen (secondary N) is 4. The van der Waals surface area contributed by atoms with Crippen LogP contribution in [0.15, 0.2) is 60.7 Å². The second-order valence-corrected chi connectivity index (χ2v) is 7.64. The summed E-state index contributed by atoms with van der Waals surface area (Å²) in [6, 6.07) is 11.9. The van der Waals surface area contributed by atoms with E-state index in [4.69, 9.17) is 9.47 Å². The molecule has 37 heavy (non-hydrogen) atoms. The van der Waals surface area contributed by atoms with Crippen molar-refractivity contribution >= 4 is 40.3 Å². The molecule has 4 rings (SSSR count). The first-order chi connectivity index (χ1) is 17.6. The molecule has 0 spiro atoms. The first-order valence-corrected chi connectivity index (χ1v) is 10.6. The monoisotopic (exact) mass is 517 g/mol. The molecule has 0 aliphatic heterocycles. The molecule has 4 aromatic rings. The Morgan fingerprint density at radius 1 is 0.946 bits per heavy atom. The van der Waals surface area contributed by atoms with Gasteiger partial charge in [-0.2, -0.15) is 13.2 Å². The number of rotatable bonds is 7. The van der Waals surface area contributed by atoms with E-state index in [1.807, 2.05) is 0 Å². The number of carbonyl (C=O) groups is 2. The molecule has 9 nitrogen and oxygen atoms in total. The van der Waals surface area contributed by atoms with Crippen LogP contribution in [0.5, 0.6) is 11.5 Å². The Bertz CT molecular complexity index is 1440. The second-order valence-electron chi connectivity index (χ2n) is 7.64. The van der Waals surface area contributed by atoms with Gasteiger partial charge in [0.1, 0.15) is 23.9 Å². The van der Waals surface area contributed by atoms with Crippen molar-refractivity contribution in [3.8, 4) is 11.5 Å². The summed E-state index contributed by atoms with van der Waals surface area (Å²) >= 11 is 0. The number of ether oxygens (including phenoxy) is 2. The number of alkyl halides is 3. The van der Waals surface area contributed by atoms with E-state index < -0.39 is 29.3 Å². The van der Waals surface area contributed by atoms with Gasteiger partial charge in [0.2, 0.25) is 5.95 Å². The lowest BCUT2D eigenvalue weighted by Gasteiger charge is -2.12. The molecule has 13 heteroatoms. The fourth-order valence-electron chi connectivity index (χ4n) is 3.23. The molecule has 4 N–H and O–H groups in total. The summed E-state index contributed by atoms with van der Waals surface area (Å²) in [7, 11) is 1.40. The fraction of sp³-hybridized carbons (Fsp3) is 0.125. The third-order valence-electron chi connectivity index (χ3n) is 4.88. The zero-order valence-corrected chi connectivity index (χ0v) is 19.1. The SMILES string of the molecule is COCC(=O)Nc1nc2cc(Oc3ccc(NC(=O)Nc4cc(C(F)(F)F)ccc4F)cc3)ccc2[nH]1. The van der Waals surface area contributed by atoms with Crippen LogP contribution in [0.4, 0.5) is 39.7 Å². The summed E-state index contributed by atoms with van der Waals surface area (Å²) in [5, 5.41) is 7.04. The lowest BCUT2D eigenvalue weighted by atomic mass is 10.2. The first-order valence-electron chi connectivity index (χ1n) is 10.6. The molecule has 0 fully saturated rings. The average Bonchev–Trinajstić information content (AvgIpc) is 3.22. The van der Waals surface area contributed by atoms with E-state index in [0.717, 1.165) is 0 Å². The van der Waals surface area contributed by atoms with Crippen LogP contribution in [0.2, 0.25) is 0 Å². The zero-order valence-electron chi connectivity index (χ0n) is 19.1. The number of benzene rings is 3. The van der Waals surface area contributed by atoms with Crippen LogP contribution in [0, 0.1) is 5.82 Å². The molecule has 3 amide bonds. The summed E-state index contributed by atoms with van der Waals surface area (Å²) in [6.45, 7) is -0.111. The van der Waals surface area contributed by atoms with Crippen molar-refractivity contribution in [2.45, 2.75) is 6.18 Å². The largest absolute Gasteiger partial charge is 0.457 e. The average molecular weight is 517 g/mol. The highest BCUT2D eigenvalue weighted by Crippen LogP contribution is 2.32. The number of anilines is 3. The normalized spacial score (nSPS) is 11.3. The molecule has 0 bridgehead atoms. The van der Waals surface area contributed by atoms with Gasteiger partial charge in [-0.15, -0.1) is 0 Å². The van der Waals surface area contributed by atoms with E-state index in [9.17, 15) is 27.2 Å². The van der Waals surface area contributed by atoms with Crippen LogP contribution in [-0.2, 0) is 15.7 Å². The maximum absolute atomic E-state index is 13.8. The zero-order chi connectivity index (χ0) is 26.6. The summed E-state index contributed by atoms with van der Waals surface area (Å²) < 4.78 is 62.9. The summed E-state index contributed by atoms with van der Waals surface area (Å²) in [4.78, 5) is 31.0. The molecular formula is C24H19F4N5O4. The van der Waals surface area contributed by atoms with Gasteiger partial charge < -0.3 is 25.1 Å². The van der Waals surface area contributed by atoms with E-state index >= 15 is 0 Å². The van der Waals surface area contributed by atoms with Crippen molar-refractivity contribution in [3.63, 3.8) is 0 Å². The Labute approximate surface area is 206 Å². The summed E-state index contributed by atoms with van der Waals surface area (Å²) in [5.74, 6) is -0.246. The van der Waals surface area contributed by atoms with Crippen molar-refractivity contribution in [2.75, 3.05) is 29.7 Å². The van der Waals surface area contributed by atoms with Gasteiger partial charge in [-0.3, -0.25) is 10.1 Å². The molecule has 3 aromatic carbocycles. The molecule has 0 radical (unpaired) electrons. The van der Waals surface area contributed by atoms with Crippen molar-refractivity contribution in [2.24, 2.45) is 0 Å². The quantitative estimate of drug-likeness (QED) is 0.233. The molecular weight excluding hydrogens is 498 g/mol. The van der Waals surface area contributed by atoms with Gasteiger partial charge in [0.05, 0.1) is 22.3 Å². The van der Waals surface area contributed by atoms with Gasteiger partial charge in [0.25, 0.3) is 5.91 Å². The highest BCUT2D eigenvalue weighted by Gasteiger charge is 2.31. The van der Waals surface area contributed by atoms with Gasteiger partial charge in [-0.05, 0) is 54.6 Å². The number of aromatic amines is 1. The molecule has 1 aromatic heterocycles. The predicted molar refractivity (Wildman–Crippen MR) is 127 cm³/mol. The van der Waals surface area contributed by atoms with Gasteiger partial charge in [0, 0.05) is 18.9 Å². The smallest absolute Gasteiger partial charge is 0.416 e. The van der Waals surface area contributed by atoms with Crippen LogP contribution < -0.4 is 20.7 Å². The Balaban J connectivity index is 1.37. The topological polar surface area (TPSA) is 117 Å². The number of imidazole rings is 1. The van der Waals surface area contributed by atoms with Crippen LogP contribution in [0.1, 0.15) is 5.56 Å².